The lowest BCUT2D eigenvalue weighted by Crippen LogP contribution is -2.25. The molecule has 0 aliphatic heterocycles. The van der Waals surface area contributed by atoms with Gasteiger partial charge in [0.2, 0.25) is 0 Å². The maximum absolute atomic E-state index is 11.8. The third-order valence-electron chi connectivity index (χ3n) is 2.95. The van der Waals surface area contributed by atoms with Crippen molar-refractivity contribution in [3.8, 4) is 0 Å². The van der Waals surface area contributed by atoms with E-state index in [1.807, 2.05) is 13.2 Å². The molecule has 1 unspecified atom stereocenters. The van der Waals surface area contributed by atoms with E-state index in [2.05, 4.69) is 5.32 Å². The Balaban J connectivity index is 2.26. The number of carbonyl (C=O) groups excluding carboxylic acids is 1. The van der Waals surface area contributed by atoms with Crippen molar-refractivity contribution in [2.24, 2.45) is 5.92 Å². The van der Waals surface area contributed by atoms with Gasteiger partial charge in [-0.05, 0) is 37.1 Å². The molecule has 0 saturated carbocycles. The first-order chi connectivity index (χ1) is 9.52. The first kappa shape index (κ1) is 16.6. The van der Waals surface area contributed by atoms with Crippen molar-refractivity contribution in [2.75, 3.05) is 12.8 Å². The normalized spacial score (nSPS) is 12.1. The van der Waals surface area contributed by atoms with Crippen molar-refractivity contribution in [2.45, 2.75) is 31.9 Å². The van der Waals surface area contributed by atoms with E-state index in [1.165, 1.54) is 0 Å². The SMILES string of the molecule is CSCc1ccc(C(=O)NCCC(C)CCC(=O)O)o1. The van der Waals surface area contributed by atoms with Crippen LogP contribution in [0.5, 0.6) is 0 Å². The fraction of sp³-hybridized carbons (Fsp3) is 0.571. The molecule has 112 valence electrons. The van der Waals surface area contributed by atoms with Crippen molar-refractivity contribution < 1.29 is 19.1 Å². The summed E-state index contributed by atoms with van der Waals surface area (Å²) >= 11 is 1.64. The minimum Gasteiger partial charge on any atom is -0.481 e. The van der Waals surface area contributed by atoms with Gasteiger partial charge in [0.25, 0.3) is 5.91 Å². The van der Waals surface area contributed by atoms with Crippen molar-refractivity contribution >= 4 is 23.6 Å². The number of aliphatic carboxylic acids is 1. The zero-order valence-electron chi connectivity index (χ0n) is 11.8. The van der Waals surface area contributed by atoms with Crippen LogP contribution >= 0.6 is 11.8 Å². The first-order valence-corrected chi connectivity index (χ1v) is 8.00. The molecule has 0 aromatic carbocycles. The van der Waals surface area contributed by atoms with E-state index in [4.69, 9.17) is 9.52 Å². The largest absolute Gasteiger partial charge is 0.481 e. The molecule has 5 nitrogen and oxygen atoms in total. The minimum absolute atomic E-state index is 0.172. The second-order valence-corrected chi connectivity index (χ2v) is 5.65. The Kier molecular flexibility index (Phi) is 7.22. The van der Waals surface area contributed by atoms with Gasteiger partial charge < -0.3 is 14.8 Å². The topological polar surface area (TPSA) is 79.5 Å². The van der Waals surface area contributed by atoms with Crippen LogP contribution in [0.3, 0.4) is 0 Å². The van der Waals surface area contributed by atoms with Crippen LogP contribution in [0.2, 0.25) is 0 Å². The molecular formula is C14H21NO4S. The Morgan fingerprint density at radius 3 is 2.80 bits per heavy atom. The average molecular weight is 299 g/mol. The predicted molar refractivity (Wildman–Crippen MR) is 78.9 cm³/mol. The number of rotatable bonds is 9. The molecular weight excluding hydrogens is 278 g/mol. The smallest absolute Gasteiger partial charge is 0.303 e. The van der Waals surface area contributed by atoms with Crippen LogP contribution in [0.4, 0.5) is 0 Å². The van der Waals surface area contributed by atoms with Gasteiger partial charge in [0.05, 0.1) is 5.75 Å². The summed E-state index contributed by atoms with van der Waals surface area (Å²) in [6.45, 7) is 2.51. The number of hydrogen-bond acceptors (Lipinski definition) is 4. The summed E-state index contributed by atoms with van der Waals surface area (Å²) in [6.07, 6.45) is 3.54. The molecule has 1 rings (SSSR count). The lowest BCUT2D eigenvalue weighted by molar-refractivity contribution is -0.137. The number of thioether (sulfide) groups is 1. The molecule has 0 radical (unpaired) electrons. The second-order valence-electron chi connectivity index (χ2n) is 4.78. The van der Waals surface area contributed by atoms with Gasteiger partial charge in [0.1, 0.15) is 5.76 Å². The average Bonchev–Trinajstić information content (AvgIpc) is 2.85. The van der Waals surface area contributed by atoms with Gasteiger partial charge in [0, 0.05) is 13.0 Å². The number of amides is 1. The fourth-order valence-corrected chi connectivity index (χ4v) is 2.19. The lowest BCUT2D eigenvalue weighted by Gasteiger charge is -2.10. The van der Waals surface area contributed by atoms with E-state index in [-0.39, 0.29) is 18.2 Å². The Labute approximate surface area is 123 Å². The van der Waals surface area contributed by atoms with Crippen LogP contribution in [0.15, 0.2) is 16.5 Å². The van der Waals surface area contributed by atoms with Gasteiger partial charge in [-0.3, -0.25) is 9.59 Å². The minimum atomic E-state index is -0.780. The highest BCUT2D eigenvalue weighted by Crippen LogP contribution is 2.13. The number of carboxylic acids is 1. The maximum Gasteiger partial charge on any atom is 0.303 e. The molecule has 0 spiro atoms. The van der Waals surface area contributed by atoms with Crippen molar-refractivity contribution in [1.29, 1.82) is 0 Å². The Morgan fingerprint density at radius 2 is 2.15 bits per heavy atom. The third-order valence-corrected chi connectivity index (χ3v) is 3.52. The summed E-state index contributed by atoms with van der Waals surface area (Å²) in [5, 5.41) is 11.4. The standard InChI is InChI=1S/C14H21NO4S/c1-10(3-6-13(16)17)7-8-15-14(18)12-5-4-11(19-12)9-20-2/h4-5,10H,3,6-9H2,1-2H3,(H,15,18)(H,16,17). The molecule has 6 heteroatoms. The van der Waals surface area contributed by atoms with Crippen molar-refractivity contribution in [3.05, 3.63) is 23.7 Å². The van der Waals surface area contributed by atoms with Crippen LogP contribution in [0, 0.1) is 5.92 Å². The number of hydrogen-bond donors (Lipinski definition) is 2. The number of carboxylic acid groups (broad SMARTS) is 1. The van der Waals surface area contributed by atoms with Gasteiger partial charge in [-0.15, -0.1) is 0 Å². The molecule has 20 heavy (non-hydrogen) atoms. The summed E-state index contributed by atoms with van der Waals surface area (Å²) in [7, 11) is 0. The van der Waals surface area contributed by atoms with E-state index >= 15 is 0 Å². The van der Waals surface area contributed by atoms with Crippen molar-refractivity contribution in [1.82, 2.24) is 5.32 Å². The van der Waals surface area contributed by atoms with Gasteiger partial charge in [-0.1, -0.05) is 6.92 Å². The molecule has 1 amide bonds. The molecule has 0 saturated heterocycles. The molecule has 1 aromatic rings. The van der Waals surface area contributed by atoms with Crippen LogP contribution < -0.4 is 5.32 Å². The zero-order chi connectivity index (χ0) is 15.0. The summed E-state index contributed by atoms with van der Waals surface area (Å²) < 4.78 is 5.41. The van der Waals surface area contributed by atoms with Crippen LogP contribution in [-0.4, -0.2) is 29.8 Å². The van der Waals surface area contributed by atoms with E-state index < -0.39 is 5.97 Å². The molecule has 0 bridgehead atoms. The molecule has 0 aliphatic carbocycles. The van der Waals surface area contributed by atoms with Gasteiger partial charge in [0.15, 0.2) is 5.76 Å². The summed E-state index contributed by atoms with van der Waals surface area (Å²) in [5.41, 5.74) is 0. The number of nitrogens with one attached hydrogen (secondary N) is 1. The number of carbonyl (C=O) groups is 2. The van der Waals surface area contributed by atoms with Gasteiger partial charge >= 0.3 is 5.97 Å². The quantitative estimate of drug-likeness (QED) is 0.733. The Hall–Kier alpha value is -1.43. The molecule has 2 N–H and O–H groups in total. The highest BCUT2D eigenvalue weighted by molar-refractivity contribution is 7.97. The zero-order valence-corrected chi connectivity index (χ0v) is 12.7. The van der Waals surface area contributed by atoms with E-state index in [9.17, 15) is 9.59 Å². The maximum atomic E-state index is 11.8. The summed E-state index contributed by atoms with van der Waals surface area (Å²) in [5.74, 6) is 1.14. The Bertz CT molecular complexity index is 444. The lowest BCUT2D eigenvalue weighted by atomic mass is 10.0. The molecule has 1 heterocycles. The molecule has 0 fully saturated rings. The Morgan fingerprint density at radius 1 is 1.40 bits per heavy atom. The highest BCUT2D eigenvalue weighted by atomic mass is 32.2. The number of furan rings is 1. The first-order valence-electron chi connectivity index (χ1n) is 6.60. The second kappa shape index (κ2) is 8.68. The van der Waals surface area contributed by atoms with Crippen LogP contribution in [0.25, 0.3) is 0 Å². The molecule has 0 aliphatic rings. The van der Waals surface area contributed by atoms with Crippen molar-refractivity contribution in [3.63, 3.8) is 0 Å². The monoisotopic (exact) mass is 299 g/mol. The summed E-state index contributed by atoms with van der Waals surface area (Å²) in [4.78, 5) is 22.2. The van der Waals surface area contributed by atoms with E-state index in [1.54, 1.807) is 23.9 Å². The van der Waals surface area contributed by atoms with Crippen LogP contribution in [0.1, 0.15) is 42.5 Å². The van der Waals surface area contributed by atoms with E-state index in [0.29, 0.717) is 18.7 Å². The van der Waals surface area contributed by atoms with Gasteiger partial charge in [-0.2, -0.15) is 11.8 Å². The predicted octanol–water partition coefficient (Wildman–Crippen LogP) is 2.76. The fourth-order valence-electron chi connectivity index (χ4n) is 1.75. The van der Waals surface area contributed by atoms with E-state index in [0.717, 1.165) is 17.9 Å². The van der Waals surface area contributed by atoms with Gasteiger partial charge in [-0.25, -0.2) is 0 Å². The molecule has 1 aromatic heterocycles. The summed E-state index contributed by atoms with van der Waals surface area (Å²) in [6, 6.07) is 3.48. The third kappa shape index (κ3) is 6.14. The molecule has 1 atom stereocenters. The van der Waals surface area contributed by atoms with Crippen LogP contribution in [-0.2, 0) is 10.5 Å². The highest BCUT2D eigenvalue weighted by Gasteiger charge is 2.11.